The highest BCUT2D eigenvalue weighted by atomic mass is 79.9. The van der Waals surface area contributed by atoms with E-state index in [0.717, 1.165) is 32.2 Å². The number of methoxy groups -OCH3 is 1. The van der Waals surface area contributed by atoms with E-state index < -0.39 is 17.7 Å². The van der Waals surface area contributed by atoms with Crippen molar-refractivity contribution >= 4 is 50.0 Å². The van der Waals surface area contributed by atoms with Crippen LogP contribution in [0.25, 0.3) is 16.7 Å². The smallest absolute Gasteiger partial charge is 0.300 e. The number of H-pyrrole nitrogens is 1. The van der Waals surface area contributed by atoms with Gasteiger partial charge in [0, 0.05) is 37.9 Å². The fourth-order valence-corrected chi connectivity index (χ4v) is 4.96. The molecule has 1 saturated heterocycles. The normalized spacial score (nSPS) is 17.4. The number of aromatic nitrogens is 1. The minimum atomic E-state index is -0.816. The predicted octanol–water partition coefficient (Wildman–Crippen LogP) is 6.18. The molecule has 2 N–H and O–H groups in total. The van der Waals surface area contributed by atoms with Crippen LogP contribution in [0.4, 0.5) is 5.69 Å². The topological polar surface area (TPSA) is 82.6 Å². The molecule has 6 nitrogen and oxygen atoms in total. The first kappa shape index (κ1) is 22.9. The Morgan fingerprint density at radius 3 is 2.43 bits per heavy atom. The lowest BCUT2D eigenvalue weighted by Crippen LogP contribution is -2.29. The van der Waals surface area contributed by atoms with Crippen LogP contribution in [0.2, 0.25) is 0 Å². The number of halogens is 1. The van der Waals surface area contributed by atoms with Gasteiger partial charge in [0.25, 0.3) is 11.7 Å². The Balaban J connectivity index is 1.80. The number of carbonyl (C=O) groups is 2. The van der Waals surface area contributed by atoms with Crippen molar-refractivity contribution in [1.29, 1.82) is 0 Å². The molecule has 5 rings (SSSR count). The molecule has 1 aromatic heterocycles. The summed E-state index contributed by atoms with van der Waals surface area (Å²) in [6.45, 7) is 3.81. The second kappa shape index (κ2) is 8.74. The van der Waals surface area contributed by atoms with Crippen molar-refractivity contribution in [3.8, 4) is 5.75 Å². The molecule has 1 atom stereocenters. The molecule has 35 heavy (non-hydrogen) atoms. The molecular formula is C28H23BrN2O4. The molecule has 1 aliphatic heterocycles. The van der Waals surface area contributed by atoms with Gasteiger partial charge in [0.2, 0.25) is 0 Å². The molecule has 1 aliphatic rings. The average Bonchev–Trinajstić information content (AvgIpc) is 3.32. The number of aryl methyl sites for hydroxylation is 2. The third-order valence-electron chi connectivity index (χ3n) is 6.44. The number of aliphatic hydroxyl groups is 1. The van der Waals surface area contributed by atoms with Crippen LogP contribution in [0.3, 0.4) is 0 Å². The Kier molecular flexibility index (Phi) is 5.73. The van der Waals surface area contributed by atoms with Gasteiger partial charge in [-0.15, -0.1) is 0 Å². The number of nitrogens with one attached hydrogen (secondary N) is 1. The van der Waals surface area contributed by atoms with Gasteiger partial charge in [-0.1, -0.05) is 40.2 Å². The minimum absolute atomic E-state index is 0.0559. The number of benzene rings is 3. The maximum Gasteiger partial charge on any atom is 0.300 e. The van der Waals surface area contributed by atoms with Gasteiger partial charge in [-0.25, -0.2) is 0 Å². The van der Waals surface area contributed by atoms with Gasteiger partial charge >= 0.3 is 0 Å². The number of rotatable bonds is 4. The van der Waals surface area contributed by atoms with E-state index >= 15 is 0 Å². The molecule has 4 aromatic rings. The molecule has 176 valence electrons. The van der Waals surface area contributed by atoms with Gasteiger partial charge in [0.15, 0.2) is 0 Å². The van der Waals surface area contributed by atoms with Crippen LogP contribution in [0.5, 0.6) is 5.75 Å². The number of aliphatic hydroxyl groups excluding tert-OH is 1. The van der Waals surface area contributed by atoms with E-state index in [1.54, 1.807) is 43.5 Å². The van der Waals surface area contributed by atoms with E-state index in [1.807, 2.05) is 44.2 Å². The van der Waals surface area contributed by atoms with E-state index in [-0.39, 0.29) is 11.3 Å². The highest BCUT2D eigenvalue weighted by molar-refractivity contribution is 9.10. The number of ether oxygens (including phenoxy) is 1. The molecule has 0 spiro atoms. The maximum absolute atomic E-state index is 13.5. The summed E-state index contributed by atoms with van der Waals surface area (Å²) < 4.78 is 6.15. The summed E-state index contributed by atoms with van der Waals surface area (Å²) in [5.74, 6) is -0.992. The van der Waals surface area contributed by atoms with E-state index in [2.05, 4.69) is 20.9 Å². The van der Waals surface area contributed by atoms with Crippen LogP contribution in [-0.4, -0.2) is 28.9 Å². The Hall–Kier alpha value is -3.84. The number of carbonyl (C=O) groups excluding carboxylic acids is 2. The summed E-state index contributed by atoms with van der Waals surface area (Å²) >= 11 is 3.47. The van der Waals surface area contributed by atoms with E-state index in [9.17, 15) is 14.7 Å². The molecule has 1 fully saturated rings. The number of nitrogens with zero attached hydrogens (tertiary/aromatic N) is 1. The monoisotopic (exact) mass is 530 g/mol. The fourth-order valence-electron chi connectivity index (χ4n) is 4.71. The number of aromatic amines is 1. The molecule has 3 aromatic carbocycles. The van der Waals surface area contributed by atoms with Crippen LogP contribution in [-0.2, 0) is 9.59 Å². The molecule has 0 radical (unpaired) electrons. The van der Waals surface area contributed by atoms with Crippen molar-refractivity contribution < 1.29 is 19.4 Å². The summed E-state index contributed by atoms with van der Waals surface area (Å²) in [5, 5.41) is 12.3. The maximum atomic E-state index is 13.5. The number of hydrogen-bond donors (Lipinski definition) is 2. The van der Waals surface area contributed by atoms with Gasteiger partial charge in [0.05, 0.1) is 18.7 Å². The van der Waals surface area contributed by atoms with Gasteiger partial charge < -0.3 is 14.8 Å². The first-order valence-corrected chi connectivity index (χ1v) is 11.9. The Bertz CT molecular complexity index is 1520. The number of para-hydroxylation sites is 1. The van der Waals surface area contributed by atoms with E-state index in [1.165, 1.54) is 4.90 Å². The zero-order valence-electron chi connectivity index (χ0n) is 19.4. The zero-order valence-corrected chi connectivity index (χ0v) is 21.0. The van der Waals surface area contributed by atoms with Crippen molar-refractivity contribution in [3.05, 3.63) is 99.2 Å². The van der Waals surface area contributed by atoms with Gasteiger partial charge in [-0.3, -0.25) is 14.5 Å². The van der Waals surface area contributed by atoms with Crippen molar-refractivity contribution in [3.63, 3.8) is 0 Å². The number of fused-ring (bicyclic) bond motifs is 1. The summed E-state index contributed by atoms with van der Waals surface area (Å²) in [7, 11) is 1.57. The standard InChI is InChI=1S/C28H23BrN2O4/c1-15-14-17(8-13-21(15)29)26(32)24-25(23-16(2)30-22-7-5-4-6-20(22)23)31(28(34)27(24)33)18-9-11-19(35-3)12-10-18/h4-14,25,30,32H,1-3H3/b26-24+. The lowest BCUT2D eigenvalue weighted by Gasteiger charge is -2.26. The van der Waals surface area contributed by atoms with Crippen molar-refractivity contribution in [1.82, 2.24) is 4.98 Å². The number of hydrogen-bond acceptors (Lipinski definition) is 4. The number of amides is 1. The van der Waals surface area contributed by atoms with Crippen molar-refractivity contribution in [2.75, 3.05) is 12.0 Å². The van der Waals surface area contributed by atoms with Gasteiger partial charge in [-0.2, -0.15) is 0 Å². The van der Waals surface area contributed by atoms with Crippen LogP contribution in [0, 0.1) is 13.8 Å². The average molecular weight is 531 g/mol. The molecule has 1 amide bonds. The lowest BCUT2D eigenvalue weighted by atomic mass is 9.93. The molecule has 0 aliphatic carbocycles. The number of anilines is 1. The van der Waals surface area contributed by atoms with Crippen molar-refractivity contribution in [2.24, 2.45) is 0 Å². The molecule has 0 saturated carbocycles. The van der Waals surface area contributed by atoms with Gasteiger partial charge in [-0.05, 0) is 61.9 Å². The quantitative estimate of drug-likeness (QED) is 0.187. The molecule has 7 heteroatoms. The first-order chi connectivity index (χ1) is 16.8. The van der Waals surface area contributed by atoms with Crippen molar-refractivity contribution in [2.45, 2.75) is 19.9 Å². The van der Waals surface area contributed by atoms with Crippen LogP contribution in [0.15, 0.2) is 76.8 Å². The second-order valence-corrected chi connectivity index (χ2v) is 9.39. The highest BCUT2D eigenvalue weighted by Crippen LogP contribution is 2.45. The minimum Gasteiger partial charge on any atom is -0.507 e. The lowest BCUT2D eigenvalue weighted by molar-refractivity contribution is -0.132. The van der Waals surface area contributed by atoms with E-state index in [4.69, 9.17) is 4.74 Å². The predicted molar refractivity (Wildman–Crippen MR) is 140 cm³/mol. The third-order valence-corrected chi connectivity index (χ3v) is 7.33. The molecule has 0 bridgehead atoms. The number of Topliss-reactive ketones (excluding diaryl/α,β-unsaturated/α-hetero) is 1. The second-order valence-electron chi connectivity index (χ2n) is 8.54. The summed E-state index contributed by atoms with van der Waals surface area (Å²) in [6.07, 6.45) is 0. The van der Waals surface area contributed by atoms with Gasteiger partial charge in [0.1, 0.15) is 11.5 Å². The molecular weight excluding hydrogens is 508 g/mol. The van der Waals surface area contributed by atoms with Crippen LogP contribution >= 0.6 is 15.9 Å². The van der Waals surface area contributed by atoms with Crippen LogP contribution < -0.4 is 9.64 Å². The summed E-state index contributed by atoms with van der Waals surface area (Å²) in [6, 6.07) is 19.2. The SMILES string of the molecule is COc1ccc(N2C(=O)C(=O)/C(=C(/O)c3ccc(Br)c(C)c3)C2c2c(C)[nH]c3ccccc23)cc1. The third kappa shape index (κ3) is 3.72. The summed E-state index contributed by atoms with van der Waals surface area (Å²) in [5.41, 5.74) is 4.44. The first-order valence-electron chi connectivity index (χ1n) is 11.1. The number of ketones is 1. The summed E-state index contributed by atoms with van der Waals surface area (Å²) in [4.78, 5) is 31.8. The fraction of sp³-hybridized carbons (Fsp3) is 0.143. The largest absolute Gasteiger partial charge is 0.507 e. The van der Waals surface area contributed by atoms with E-state index in [0.29, 0.717) is 17.0 Å². The molecule has 2 heterocycles. The Morgan fingerprint density at radius 2 is 1.74 bits per heavy atom. The Labute approximate surface area is 211 Å². The highest BCUT2D eigenvalue weighted by Gasteiger charge is 2.48. The Morgan fingerprint density at radius 1 is 1.03 bits per heavy atom. The van der Waals surface area contributed by atoms with Crippen LogP contribution in [0.1, 0.15) is 28.4 Å². The molecule has 1 unspecified atom stereocenters. The zero-order chi connectivity index (χ0) is 24.9.